The van der Waals surface area contributed by atoms with E-state index in [1.54, 1.807) is 6.92 Å². The molecule has 4 saturated carbocycles. The van der Waals surface area contributed by atoms with Crippen molar-refractivity contribution in [3.63, 3.8) is 0 Å². The van der Waals surface area contributed by atoms with Gasteiger partial charge in [0.15, 0.2) is 0 Å². The zero-order chi connectivity index (χ0) is 25.3. The van der Waals surface area contributed by atoms with Crippen molar-refractivity contribution in [2.24, 2.45) is 46.3 Å². The van der Waals surface area contributed by atoms with Crippen LogP contribution in [-0.2, 0) is 0 Å². The fraction of sp³-hybridized carbons (Fsp3) is 0.929. The molecular weight excluding hydrogens is 432 g/mol. The van der Waals surface area contributed by atoms with E-state index in [1.165, 1.54) is 0 Å². The second kappa shape index (κ2) is 8.81. The fourth-order valence-electron chi connectivity index (χ4n) is 9.02. The number of fused-ring (bicyclic) bond motifs is 5. The van der Waals surface area contributed by atoms with Crippen LogP contribution in [0.25, 0.3) is 0 Å². The monoisotopic (exact) mass is 480 g/mol. The van der Waals surface area contributed by atoms with Crippen LogP contribution in [0, 0.1) is 46.3 Å². The Labute approximate surface area is 205 Å². The van der Waals surface area contributed by atoms with Crippen LogP contribution in [0.4, 0.5) is 0 Å². The van der Waals surface area contributed by atoms with Gasteiger partial charge in [0.1, 0.15) is 0 Å². The second-order valence-electron chi connectivity index (χ2n) is 13.3. The Bertz CT molecular complexity index is 783. The van der Waals surface area contributed by atoms with Crippen LogP contribution in [0.5, 0.6) is 0 Å². The molecule has 0 aromatic rings. The maximum absolute atomic E-state index is 11.6. The van der Waals surface area contributed by atoms with Crippen LogP contribution in [0.2, 0.25) is 0 Å². The maximum atomic E-state index is 11.6. The SMILES string of the molecule is C[C@H](/C=C/[C@@H](C)[C@@](C)(O)CO)[C@H]1C[C@@H](O)C2C3C[C@@H](O)[C@@]4(O)C[C@@H](O)CC[C@]4(C)C3CC[C@@]21C. The first-order chi connectivity index (χ1) is 15.7. The van der Waals surface area contributed by atoms with Crippen LogP contribution in [0.15, 0.2) is 12.2 Å². The summed E-state index contributed by atoms with van der Waals surface area (Å²) in [4.78, 5) is 0. The van der Waals surface area contributed by atoms with Gasteiger partial charge in [-0.15, -0.1) is 0 Å². The predicted molar refractivity (Wildman–Crippen MR) is 131 cm³/mol. The molecule has 0 heterocycles. The van der Waals surface area contributed by atoms with E-state index in [0.29, 0.717) is 19.3 Å². The smallest absolute Gasteiger partial charge is 0.0985 e. The molecule has 4 aliphatic carbocycles. The van der Waals surface area contributed by atoms with Crippen molar-refractivity contribution in [1.82, 2.24) is 0 Å². The topological polar surface area (TPSA) is 121 Å². The van der Waals surface area contributed by atoms with Gasteiger partial charge in [0.2, 0.25) is 0 Å². The molecule has 0 aromatic carbocycles. The summed E-state index contributed by atoms with van der Waals surface area (Å²) in [7, 11) is 0. The Morgan fingerprint density at radius 2 is 1.71 bits per heavy atom. The lowest BCUT2D eigenvalue weighted by Crippen LogP contribution is -2.69. The lowest BCUT2D eigenvalue weighted by molar-refractivity contribution is -0.268. The maximum Gasteiger partial charge on any atom is 0.0985 e. The molecule has 0 bridgehead atoms. The minimum absolute atomic E-state index is 0.0627. The second-order valence-corrected chi connectivity index (χ2v) is 13.3. The zero-order valence-electron chi connectivity index (χ0n) is 21.7. The van der Waals surface area contributed by atoms with E-state index in [2.05, 4.69) is 26.8 Å². The van der Waals surface area contributed by atoms with Gasteiger partial charge in [-0.25, -0.2) is 0 Å². The zero-order valence-corrected chi connectivity index (χ0v) is 21.7. The lowest BCUT2D eigenvalue weighted by atomic mass is 9.42. The molecule has 13 atom stereocenters. The van der Waals surface area contributed by atoms with E-state index in [1.807, 2.05) is 13.0 Å². The van der Waals surface area contributed by atoms with Crippen LogP contribution < -0.4 is 0 Å². The third-order valence-electron chi connectivity index (χ3n) is 11.5. The quantitative estimate of drug-likeness (QED) is 0.337. The lowest BCUT2D eigenvalue weighted by Gasteiger charge is -2.65. The van der Waals surface area contributed by atoms with Gasteiger partial charge < -0.3 is 30.6 Å². The summed E-state index contributed by atoms with van der Waals surface area (Å²) in [6, 6.07) is 0. The molecule has 4 rings (SSSR count). The van der Waals surface area contributed by atoms with Crippen molar-refractivity contribution in [3.8, 4) is 0 Å². The van der Waals surface area contributed by atoms with Gasteiger partial charge in [-0.1, -0.05) is 39.8 Å². The summed E-state index contributed by atoms with van der Waals surface area (Å²) in [6.45, 7) is 9.87. The van der Waals surface area contributed by atoms with E-state index < -0.39 is 34.9 Å². The van der Waals surface area contributed by atoms with Gasteiger partial charge >= 0.3 is 0 Å². The highest BCUT2D eigenvalue weighted by molar-refractivity contribution is 5.19. The highest BCUT2D eigenvalue weighted by Crippen LogP contribution is 2.69. The Morgan fingerprint density at radius 3 is 2.35 bits per heavy atom. The van der Waals surface area contributed by atoms with E-state index in [4.69, 9.17) is 0 Å². The Balaban J connectivity index is 1.59. The number of aliphatic hydroxyl groups is 6. The highest BCUT2D eigenvalue weighted by Gasteiger charge is 2.68. The summed E-state index contributed by atoms with van der Waals surface area (Å²) in [5, 5.41) is 64.3. The molecular formula is C28H48O6. The molecule has 34 heavy (non-hydrogen) atoms. The Kier molecular flexibility index (Phi) is 6.88. The number of hydrogen-bond donors (Lipinski definition) is 6. The molecule has 0 amide bonds. The van der Waals surface area contributed by atoms with E-state index in [9.17, 15) is 30.6 Å². The van der Waals surface area contributed by atoms with Crippen LogP contribution in [-0.4, -0.2) is 66.8 Å². The first-order valence-corrected chi connectivity index (χ1v) is 13.5. The molecule has 6 heteroatoms. The van der Waals surface area contributed by atoms with Crippen molar-refractivity contribution >= 4 is 0 Å². The van der Waals surface area contributed by atoms with Crippen molar-refractivity contribution in [3.05, 3.63) is 12.2 Å². The first kappa shape index (κ1) is 26.6. The average molecular weight is 481 g/mol. The summed E-state index contributed by atoms with van der Waals surface area (Å²) >= 11 is 0. The largest absolute Gasteiger partial charge is 0.393 e. The minimum Gasteiger partial charge on any atom is -0.393 e. The standard InChI is InChI=1S/C28H48O6/c1-16(6-7-17(2)27(5,33)15-29)21-13-22(31)24-19-12-23(32)28(34)14-18(30)8-11-26(28,4)20(19)9-10-25(21,24)3/h6-7,16-24,29-34H,8-15H2,1-5H3/b7-6+/t16-,17-,18+,19?,20?,21-,22-,23-,24?,25-,26-,27+,28+/m1/s1. The van der Waals surface area contributed by atoms with Crippen LogP contribution >= 0.6 is 0 Å². The third-order valence-corrected chi connectivity index (χ3v) is 11.5. The molecule has 0 aromatic heterocycles. The van der Waals surface area contributed by atoms with Crippen LogP contribution in [0.1, 0.15) is 79.6 Å². The number of allylic oxidation sites excluding steroid dienone is 1. The van der Waals surface area contributed by atoms with Crippen LogP contribution in [0.3, 0.4) is 0 Å². The van der Waals surface area contributed by atoms with Crippen molar-refractivity contribution in [2.45, 2.75) is 109 Å². The van der Waals surface area contributed by atoms with E-state index in [-0.39, 0.29) is 54.0 Å². The Hall–Kier alpha value is -0.500. The summed E-state index contributed by atoms with van der Waals surface area (Å²) < 4.78 is 0. The van der Waals surface area contributed by atoms with Crippen molar-refractivity contribution < 1.29 is 30.6 Å². The number of rotatable bonds is 5. The van der Waals surface area contributed by atoms with Gasteiger partial charge in [-0.3, -0.25) is 0 Å². The summed E-state index contributed by atoms with van der Waals surface area (Å²) in [6.07, 6.45) is 6.98. The molecule has 196 valence electrons. The third kappa shape index (κ3) is 3.83. The molecule has 6 nitrogen and oxygen atoms in total. The van der Waals surface area contributed by atoms with Gasteiger partial charge in [-0.2, -0.15) is 0 Å². The van der Waals surface area contributed by atoms with E-state index >= 15 is 0 Å². The number of hydrogen-bond acceptors (Lipinski definition) is 6. The van der Waals surface area contributed by atoms with Gasteiger partial charge in [0.25, 0.3) is 0 Å². The average Bonchev–Trinajstić information content (AvgIpc) is 3.05. The normalized spacial score (nSPS) is 52.4. The summed E-state index contributed by atoms with van der Waals surface area (Å²) in [5.41, 5.74) is -2.94. The molecule has 0 spiro atoms. The van der Waals surface area contributed by atoms with Gasteiger partial charge in [0, 0.05) is 17.8 Å². The highest BCUT2D eigenvalue weighted by atomic mass is 16.3. The fourth-order valence-corrected chi connectivity index (χ4v) is 9.02. The molecule has 0 aliphatic heterocycles. The summed E-state index contributed by atoms with van der Waals surface area (Å²) in [5.74, 6) is 0.773. The first-order valence-electron chi connectivity index (χ1n) is 13.5. The van der Waals surface area contributed by atoms with Crippen molar-refractivity contribution in [1.29, 1.82) is 0 Å². The Morgan fingerprint density at radius 1 is 1.03 bits per heavy atom. The predicted octanol–water partition coefficient (Wildman–Crippen LogP) is 2.63. The minimum atomic E-state index is -1.27. The molecule has 0 radical (unpaired) electrons. The van der Waals surface area contributed by atoms with E-state index in [0.717, 1.165) is 19.3 Å². The van der Waals surface area contributed by atoms with Crippen molar-refractivity contribution in [2.75, 3.05) is 6.61 Å². The number of aliphatic hydroxyl groups excluding tert-OH is 4. The molecule has 0 saturated heterocycles. The molecule has 4 aliphatic rings. The molecule has 6 N–H and O–H groups in total. The van der Waals surface area contributed by atoms with Gasteiger partial charge in [-0.05, 0) is 80.5 Å². The molecule has 4 fully saturated rings. The van der Waals surface area contributed by atoms with Gasteiger partial charge in [0.05, 0.1) is 36.1 Å². The molecule has 3 unspecified atom stereocenters.